The number of rotatable bonds is 7. The molecule has 1 N–H and O–H groups in total. The number of nitrogens with zero attached hydrogens (tertiary/aromatic N) is 1. The van der Waals surface area contributed by atoms with Crippen LogP contribution in [0.5, 0.6) is 0 Å². The molecule has 1 aromatic carbocycles. The van der Waals surface area contributed by atoms with Crippen LogP contribution < -0.4 is 4.72 Å². The van der Waals surface area contributed by atoms with Gasteiger partial charge in [-0.15, -0.1) is 0 Å². The summed E-state index contributed by atoms with van der Waals surface area (Å²) in [6.07, 6.45) is 1.68. The van der Waals surface area contributed by atoms with E-state index in [2.05, 4.69) is 4.72 Å². The Bertz CT molecular complexity index is 661. The van der Waals surface area contributed by atoms with E-state index < -0.39 is 15.3 Å². The second-order valence-corrected chi connectivity index (χ2v) is 8.44. The maximum Gasteiger partial charge on any atom is 0.222 e. The fraction of sp³-hybridized carbons (Fsp3) is 0.562. The van der Waals surface area contributed by atoms with Gasteiger partial charge in [0, 0.05) is 25.6 Å². The minimum absolute atomic E-state index is 0.0233. The summed E-state index contributed by atoms with van der Waals surface area (Å²) in [5.41, 5.74) is 0.749. The Balaban J connectivity index is 2.13. The topological polar surface area (TPSA) is 66.5 Å². The SMILES string of the molecule is CC(C)S(=O)(=O)NCC(Cc1cccc(F)c1)N1CCCC1=O. The summed E-state index contributed by atoms with van der Waals surface area (Å²) < 4.78 is 39.9. The van der Waals surface area contributed by atoms with Crippen LogP contribution in [0.1, 0.15) is 32.3 Å². The lowest BCUT2D eigenvalue weighted by atomic mass is 10.0. The number of carbonyl (C=O) groups excluding carboxylic acids is 1. The van der Waals surface area contributed by atoms with Gasteiger partial charge in [-0.25, -0.2) is 17.5 Å². The molecule has 128 valence electrons. The molecule has 1 unspecified atom stereocenters. The van der Waals surface area contributed by atoms with Crippen molar-refractivity contribution < 1.29 is 17.6 Å². The maximum absolute atomic E-state index is 13.4. The van der Waals surface area contributed by atoms with Gasteiger partial charge in [0.15, 0.2) is 0 Å². The van der Waals surface area contributed by atoms with Crippen LogP contribution in [0, 0.1) is 5.82 Å². The number of benzene rings is 1. The lowest BCUT2D eigenvalue weighted by molar-refractivity contribution is -0.129. The van der Waals surface area contributed by atoms with E-state index in [-0.39, 0.29) is 24.3 Å². The van der Waals surface area contributed by atoms with E-state index >= 15 is 0 Å². The van der Waals surface area contributed by atoms with Crippen LogP contribution in [-0.2, 0) is 21.2 Å². The van der Waals surface area contributed by atoms with E-state index in [1.807, 2.05) is 0 Å². The molecular formula is C16H23FN2O3S. The zero-order chi connectivity index (χ0) is 17.0. The first-order valence-electron chi connectivity index (χ1n) is 7.82. The third-order valence-electron chi connectivity index (χ3n) is 4.05. The van der Waals surface area contributed by atoms with Crippen molar-refractivity contribution in [3.63, 3.8) is 0 Å². The van der Waals surface area contributed by atoms with Gasteiger partial charge in [0.05, 0.1) is 5.25 Å². The van der Waals surface area contributed by atoms with Gasteiger partial charge < -0.3 is 4.90 Å². The molecule has 1 aliphatic heterocycles. The normalized spacial score (nSPS) is 17.0. The average Bonchev–Trinajstić information content (AvgIpc) is 2.89. The molecule has 1 heterocycles. The predicted molar refractivity (Wildman–Crippen MR) is 86.9 cm³/mol. The fourth-order valence-electron chi connectivity index (χ4n) is 2.66. The minimum Gasteiger partial charge on any atom is -0.338 e. The zero-order valence-corrected chi connectivity index (χ0v) is 14.3. The summed E-state index contributed by atoms with van der Waals surface area (Å²) in [6, 6.07) is 5.88. The van der Waals surface area contributed by atoms with Crippen molar-refractivity contribution in [3.8, 4) is 0 Å². The number of hydrogen-bond acceptors (Lipinski definition) is 3. The van der Waals surface area contributed by atoms with Crippen molar-refractivity contribution in [2.45, 2.75) is 44.4 Å². The summed E-state index contributed by atoms with van der Waals surface area (Å²) in [5, 5.41) is -0.536. The summed E-state index contributed by atoms with van der Waals surface area (Å²) in [5.74, 6) is -0.313. The van der Waals surface area contributed by atoms with E-state index in [4.69, 9.17) is 0 Å². The lowest BCUT2D eigenvalue weighted by Gasteiger charge is -2.28. The Hall–Kier alpha value is -1.47. The van der Waals surface area contributed by atoms with Crippen molar-refractivity contribution in [3.05, 3.63) is 35.6 Å². The van der Waals surface area contributed by atoms with Crippen LogP contribution in [-0.4, -0.2) is 43.6 Å². The van der Waals surface area contributed by atoms with Gasteiger partial charge in [-0.2, -0.15) is 0 Å². The molecule has 1 amide bonds. The molecule has 0 aromatic heterocycles. The van der Waals surface area contributed by atoms with E-state index in [0.717, 1.165) is 12.0 Å². The van der Waals surface area contributed by atoms with Crippen LogP contribution in [0.4, 0.5) is 4.39 Å². The van der Waals surface area contributed by atoms with Crippen LogP contribution in [0.25, 0.3) is 0 Å². The van der Waals surface area contributed by atoms with Crippen LogP contribution in [0.15, 0.2) is 24.3 Å². The maximum atomic E-state index is 13.4. The monoisotopic (exact) mass is 342 g/mol. The first kappa shape index (κ1) is 17.9. The molecule has 7 heteroatoms. The molecule has 1 atom stereocenters. The molecule has 0 saturated carbocycles. The van der Waals surface area contributed by atoms with Gasteiger partial charge in [-0.3, -0.25) is 4.79 Å². The van der Waals surface area contributed by atoms with Crippen molar-refractivity contribution in [2.24, 2.45) is 0 Å². The summed E-state index contributed by atoms with van der Waals surface area (Å²) in [4.78, 5) is 13.7. The quantitative estimate of drug-likeness (QED) is 0.820. The molecule has 0 bridgehead atoms. The fourth-order valence-corrected chi connectivity index (χ4v) is 3.42. The number of carbonyl (C=O) groups is 1. The second-order valence-electron chi connectivity index (χ2n) is 6.12. The van der Waals surface area contributed by atoms with Crippen molar-refractivity contribution in [1.29, 1.82) is 0 Å². The molecule has 2 rings (SSSR count). The number of halogens is 1. The third kappa shape index (κ3) is 4.75. The standard InChI is InChI=1S/C16H23FN2O3S/c1-12(2)23(21,22)18-11-15(19-8-4-7-16(19)20)10-13-5-3-6-14(17)9-13/h3,5-6,9,12,15,18H,4,7-8,10-11H2,1-2H3. The van der Waals surface area contributed by atoms with E-state index in [9.17, 15) is 17.6 Å². The highest BCUT2D eigenvalue weighted by molar-refractivity contribution is 7.90. The molecule has 1 aromatic rings. The Morgan fingerprint density at radius 1 is 1.35 bits per heavy atom. The largest absolute Gasteiger partial charge is 0.338 e. The Morgan fingerprint density at radius 2 is 2.09 bits per heavy atom. The Morgan fingerprint density at radius 3 is 2.65 bits per heavy atom. The van der Waals surface area contributed by atoms with Gasteiger partial charge in [0.25, 0.3) is 0 Å². The van der Waals surface area contributed by atoms with Gasteiger partial charge in [0.1, 0.15) is 5.82 Å². The van der Waals surface area contributed by atoms with Gasteiger partial charge in [-0.05, 0) is 44.4 Å². The predicted octanol–water partition coefficient (Wildman–Crippen LogP) is 1.69. The van der Waals surface area contributed by atoms with Crippen molar-refractivity contribution in [2.75, 3.05) is 13.1 Å². The van der Waals surface area contributed by atoms with Crippen LogP contribution >= 0.6 is 0 Å². The minimum atomic E-state index is -3.40. The first-order chi connectivity index (χ1) is 10.8. The van der Waals surface area contributed by atoms with Crippen LogP contribution in [0.3, 0.4) is 0 Å². The van der Waals surface area contributed by atoms with E-state index in [1.165, 1.54) is 12.1 Å². The molecular weight excluding hydrogens is 319 g/mol. The van der Waals surface area contributed by atoms with Crippen LogP contribution in [0.2, 0.25) is 0 Å². The molecule has 23 heavy (non-hydrogen) atoms. The van der Waals surface area contributed by atoms with Crippen molar-refractivity contribution >= 4 is 15.9 Å². The molecule has 1 saturated heterocycles. The zero-order valence-electron chi connectivity index (χ0n) is 13.5. The number of hydrogen-bond donors (Lipinski definition) is 1. The molecule has 0 spiro atoms. The summed E-state index contributed by atoms with van der Waals surface area (Å²) >= 11 is 0. The number of nitrogens with one attached hydrogen (secondary N) is 1. The van der Waals surface area contributed by atoms with Gasteiger partial charge in [-0.1, -0.05) is 12.1 Å². The number of sulfonamides is 1. The number of amides is 1. The Kier molecular flexibility index (Phi) is 5.75. The highest BCUT2D eigenvalue weighted by Gasteiger charge is 2.29. The lowest BCUT2D eigenvalue weighted by Crippen LogP contribution is -2.47. The highest BCUT2D eigenvalue weighted by Crippen LogP contribution is 2.18. The van der Waals surface area contributed by atoms with Gasteiger partial charge in [0.2, 0.25) is 15.9 Å². The second kappa shape index (κ2) is 7.40. The summed E-state index contributed by atoms with van der Waals surface area (Å²) in [7, 11) is -3.40. The number of likely N-dealkylation sites (tertiary alicyclic amines) is 1. The molecule has 1 aliphatic rings. The van der Waals surface area contributed by atoms with E-state index in [0.29, 0.717) is 19.4 Å². The molecule has 0 radical (unpaired) electrons. The van der Waals surface area contributed by atoms with E-state index in [1.54, 1.807) is 30.9 Å². The smallest absolute Gasteiger partial charge is 0.222 e. The van der Waals surface area contributed by atoms with Crippen molar-refractivity contribution in [1.82, 2.24) is 9.62 Å². The Labute approximate surface area is 136 Å². The average molecular weight is 342 g/mol. The van der Waals surface area contributed by atoms with Gasteiger partial charge >= 0.3 is 0 Å². The summed E-state index contributed by atoms with van der Waals surface area (Å²) in [6.45, 7) is 3.96. The molecule has 5 nitrogen and oxygen atoms in total. The molecule has 0 aliphatic carbocycles. The molecule has 1 fully saturated rings. The third-order valence-corrected chi connectivity index (χ3v) is 5.86. The first-order valence-corrected chi connectivity index (χ1v) is 9.36. The highest BCUT2D eigenvalue weighted by atomic mass is 32.2.